The SMILES string of the molecule is CCCCc1ccc(N2CC(C(=O)NCCNC)CC2=O)cc1. The zero-order valence-electron chi connectivity index (χ0n) is 14.1. The molecule has 1 aromatic carbocycles. The van der Waals surface area contributed by atoms with Crippen molar-refractivity contribution < 1.29 is 9.59 Å². The third-order valence-electron chi connectivity index (χ3n) is 4.24. The third-order valence-corrected chi connectivity index (χ3v) is 4.24. The highest BCUT2D eigenvalue weighted by molar-refractivity contribution is 6.00. The van der Waals surface area contributed by atoms with Crippen molar-refractivity contribution in [1.82, 2.24) is 10.6 Å². The van der Waals surface area contributed by atoms with Gasteiger partial charge in [-0.2, -0.15) is 0 Å². The molecule has 1 aliphatic rings. The first-order valence-electron chi connectivity index (χ1n) is 8.47. The first kappa shape index (κ1) is 17.5. The molecule has 0 spiro atoms. The van der Waals surface area contributed by atoms with Gasteiger partial charge in [-0.3, -0.25) is 9.59 Å². The molecule has 2 N–H and O–H groups in total. The van der Waals surface area contributed by atoms with Crippen molar-refractivity contribution in [3.63, 3.8) is 0 Å². The summed E-state index contributed by atoms with van der Waals surface area (Å²) < 4.78 is 0. The van der Waals surface area contributed by atoms with Crippen molar-refractivity contribution >= 4 is 17.5 Å². The lowest BCUT2D eigenvalue weighted by Crippen LogP contribution is -2.36. The number of benzene rings is 1. The maximum absolute atomic E-state index is 12.2. The van der Waals surface area contributed by atoms with Crippen LogP contribution in [0.25, 0.3) is 0 Å². The summed E-state index contributed by atoms with van der Waals surface area (Å²) in [6.45, 7) is 3.97. The Morgan fingerprint density at radius 2 is 2.00 bits per heavy atom. The topological polar surface area (TPSA) is 61.4 Å². The first-order valence-corrected chi connectivity index (χ1v) is 8.47. The molecule has 0 bridgehead atoms. The zero-order chi connectivity index (χ0) is 16.7. The maximum atomic E-state index is 12.2. The van der Waals surface area contributed by atoms with E-state index in [1.54, 1.807) is 4.90 Å². The van der Waals surface area contributed by atoms with Crippen LogP contribution in [0.5, 0.6) is 0 Å². The van der Waals surface area contributed by atoms with E-state index in [1.165, 1.54) is 18.4 Å². The fourth-order valence-electron chi connectivity index (χ4n) is 2.81. The maximum Gasteiger partial charge on any atom is 0.227 e. The monoisotopic (exact) mass is 317 g/mol. The van der Waals surface area contributed by atoms with Crippen LogP contribution in [0.4, 0.5) is 5.69 Å². The highest BCUT2D eigenvalue weighted by Crippen LogP contribution is 2.25. The number of nitrogens with one attached hydrogen (secondary N) is 2. The third kappa shape index (κ3) is 4.79. The lowest BCUT2D eigenvalue weighted by molar-refractivity contribution is -0.126. The average Bonchev–Trinajstić information content (AvgIpc) is 2.95. The van der Waals surface area contributed by atoms with E-state index in [0.717, 1.165) is 18.7 Å². The Morgan fingerprint density at radius 3 is 2.65 bits per heavy atom. The lowest BCUT2D eigenvalue weighted by atomic mass is 10.1. The number of amides is 2. The van der Waals surface area contributed by atoms with Crippen molar-refractivity contribution in [2.75, 3.05) is 31.6 Å². The second kappa shape index (κ2) is 8.67. The van der Waals surface area contributed by atoms with Crippen LogP contribution in [0.2, 0.25) is 0 Å². The van der Waals surface area contributed by atoms with Crippen molar-refractivity contribution in [1.29, 1.82) is 0 Å². The van der Waals surface area contributed by atoms with Gasteiger partial charge in [0.15, 0.2) is 0 Å². The summed E-state index contributed by atoms with van der Waals surface area (Å²) in [5, 5.41) is 5.85. The smallest absolute Gasteiger partial charge is 0.227 e. The number of carbonyl (C=O) groups is 2. The van der Waals surface area contributed by atoms with Gasteiger partial charge in [0, 0.05) is 31.7 Å². The molecule has 126 valence electrons. The minimum Gasteiger partial charge on any atom is -0.355 e. The Balaban J connectivity index is 1.93. The van der Waals surface area contributed by atoms with Crippen LogP contribution in [0.1, 0.15) is 31.7 Å². The molecule has 2 rings (SSSR count). The number of anilines is 1. The van der Waals surface area contributed by atoms with Crippen LogP contribution < -0.4 is 15.5 Å². The van der Waals surface area contributed by atoms with Crippen molar-refractivity contribution in [3.05, 3.63) is 29.8 Å². The molecule has 1 unspecified atom stereocenters. The van der Waals surface area contributed by atoms with Crippen LogP contribution in [0.15, 0.2) is 24.3 Å². The molecule has 0 saturated carbocycles. The van der Waals surface area contributed by atoms with Gasteiger partial charge < -0.3 is 15.5 Å². The number of likely N-dealkylation sites (N-methyl/N-ethyl adjacent to an activating group) is 1. The van der Waals surface area contributed by atoms with Gasteiger partial charge in [0.05, 0.1) is 5.92 Å². The van der Waals surface area contributed by atoms with E-state index in [4.69, 9.17) is 0 Å². The first-order chi connectivity index (χ1) is 11.2. The molecule has 1 fully saturated rings. The highest BCUT2D eigenvalue weighted by atomic mass is 16.2. The van der Waals surface area contributed by atoms with E-state index in [1.807, 2.05) is 19.2 Å². The van der Waals surface area contributed by atoms with Gasteiger partial charge >= 0.3 is 0 Å². The Hall–Kier alpha value is -1.88. The van der Waals surface area contributed by atoms with Gasteiger partial charge in [0.2, 0.25) is 11.8 Å². The molecule has 1 atom stereocenters. The molecule has 1 aromatic rings. The predicted octanol–water partition coefficient (Wildman–Crippen LogP) is 1.72. The van der Waals surface area contributed by atoms with Crippen LogP contribution in [-0.4, -0.2) is 38.5 Å². The minimum atomic E-state index is -0.251. The Labute approximate surface area is 138 Å². The molecular formula is C18H27N3O2. The summed E-state index contributed by atoms with van der Waals surface area (Å²) in [4.78, 5) is 26.0. The number of nitrogens with zero attached hydrogens (tertiary/aromatic N) is 1. The Kier molecular flexibility index (Phi) is 6.59. The van der Waals surface area contributed by atoms with Crippen molar-refractivity contribution in [3.8, 4) is 0 Å². The normalized spacial score (nSPS) is 17.6. The van der Waals surface area contributed by atoms with Gasteiger partial charge in [0.1, 0.15) is 0 Å². The summed E-state index contributed by atoms with van der Waals surface area (Å²) in [6, 6.07) is 8.14. The number of hydrogen-bond donors (Lipinski definition) is 2. The standard InChI is InChI=1S/C18H27N3O2/c1-3-4-5-14-6-8-16(9-7-14)21-13-15(12-17(21)22)18(23)20-11-10-19-2/h6-9,15,19H,3-5,10-13H2,1-2H3,(H,20,23). The zero-order valence-corrected chi connectivity index (χ0v) is 14.1. The number of carbonyl (C=O) groups excluding carboxylic acids is 2. The predicted molar refractivity (Wildman–Crippen MR) is 92.5 cm³/mol. The Bertz CT molecular complexity index is 528. The second-order valence-electron chi connectivity index (χ2n) is 6.07. The summed E-state index contributed by atoms with van der Waals surface area (Å²) in [5.41, 5.74) is 2.18. The minimum absolute atomic E-state index is 0.0278. The van der Waals surface area contributed by atoms with Crippen LogP contribution in [-0.2, 0) is 16.0 Å². The lowest BCUT2D eigenvalue weighted by Gasteiger charge is -2.17. The van der Waals surface area contributed by atoms with Crippen LogP contribution in [0, 0.1) is 5.92 Å². The largest absolute Gasteiger partial charge is 0.355 e. The van der Waals surface area contributed by atoms with Gasteiger partial charge in [-0.25, -0.2) is 0 Å². The Morgan fingerprint density at radius 1 is 1.26 bits per heavy atom. The summed E-state index contributed by atoms with van der Waals surface area (Å²) >= 11 is 0. The molecule has 0 radical (unpaired) electrons. The summed E-state index contributed by atoms with van der Waals surface area (Å²) in [6.07, 6.45) is 3.72. The highest BCUT2D eigenvalue weighted by Gasteiger charge is 2.34. The van der Waals surface area contributed by atoms with E-state index in [-0.39, 0.29) is 17.7 Å². The fraction of sp³-hybridized carbons (Fsp3) is 0.556. The quantitative estimate of drug-likeness (QED) is 0.718. The molecule has 0 aromatic heterocycles. The molecule has 23 heavy (non-hydrogen) atoms. The summed E-state index contributed by atoms with van der Waals surface area (Å²) in [7, 11) is 1.84. The van der Waals surface area contributed by atoms with E-state index < -0.39 is 0 Å². The number of hydrogen-bond acceptors (Lipinski definition) is 3. The average molecular weight is 317 g/mol. The van der Waals surface area contributed by atoms with Gasteiger partial charge in [-0.1, -0.05) is 25.5 Å². The van der Waals surface area contributed by atoms with Gasteiger partial charge in [-0.15, -0.1) is 0 Å². The molecule has 1 heterocycles. The van der Waals surface area contributed by atoms with Gasteiger partial charge in [0.25, 0.3) is 0 Å². The van der Waals surface area contributed by atoms with E-state index in [9.17, 15) is 9.59 Å². The van der Waals surface area contributed by atoms with Crippen molar-refractivity contribution in [2.24, 2.45) is 5.92 Å². The van der Waals surface area contributed by atoms with Crippen molar-refractivity contribution in [2.45, 2.75) is 32.6 Å². The molecule has 5 nitrogen and oxygen atoms in total. The molecule has 2 amide bonds. The molecule has 1 saturated heterocycles. The molecule has 1 aliphatic heterocycles. The molecule has 0 aliphatic carbocycles. The van der Waals surface area contributed by atoms with Crippen LogP contribution >= 0.6 is 0 Å². The number of aryl methyl sites for hydroxylation is 1. The van der Waals surface area contributed by atoms with E-state index in [2.05, 4.69) is 29.7 Å². The van der Waals surface area contributed by atoms with E-state index in [0.29, 0.717) is 19.5 Å². The fourth-order valence-corrected chi connectivity index (χ4v) is 2.81. The van der Waals surface area contributed by atoms with E-state index >= 15 is 0 Å². The molecular weight excluding hydrogens is 290 g/mol. The van der Waals surface area contributed by atoms with Gasteiger partial charge in [-0.05, 0) is 37.6 Å². The van der Waals surface area contributed by atoms with Crippen LogP contribution in [0.3, 0.4) is 0 Å². The number of unbranched alkanes of at least 4 members (excludes halogenated alkanes) is 1. The number of rotatable bonds is 8. The molecule has 5 heteroatoms. The second-order valence-corrected chi connectivity index (χ2v) is 6.07. The summed E-state index contributed by atoms with van der Waals surface area (Å²) in [5.74, 6) is -0.255.